The van der Waals surface area contributed by atoms with Gasteiger partial charge in [-0.05, 0) is 0 Å². The molecule has 0 aromatic heterocycles. The predicted octanol–water partition coefficient (Wildman–Crippen LogP) is -3.14. The molecule has 10 heteroatoms. The van der Waals surface area contributed by atoms with E-state index in [-0.39, 0.29) is 12.8 Å². The van der Waals surface area contributed by atoms with Crippen molar-refractivity contribution >= 4 is 23.9 Å². The summed E-state index contributed by atoms with van der Waals surface area (Å²) in [5.74, 6) is -3.01. The summed E-state index contributed by atoms with van der Waals surface area (Å²) in [5, 5.41) is 31.5. The van der Waals surface area contributed by atoms with Gasteiger partial charge < -0.3 is 29.9 Å². The van der Waals surface area contributed by atoms with Crippen LogP contribution in [0.1, 0.15) is 12.8 Å². The molecule has 2 atom stereocenters. The number of nitrogens with zero attached hydrogens (tertiary/aromatic N) is 1. The first-order valence-electron chi connectivity index (χ1n) is 6.42. The summed E-state index contributed by atoms with van der Waals surface area (Å²) in [6.07, 6.45) is -1.18. The van der Waals surface area contributed by atoms with Crippen molar-refractivity contribution in [3.05, 3.63) is 0 Å². The van der Waals surface area contributed by atoms with Crippen LogP contribution >= 0.6 is 0 Å². The minimum Gasteiger partial charge on any atom is -0.548 e. The van der Waals surface area contributed by atoms with Crippen molar-refractivity contribution < 1.29 is 39.0 Å². The summed E-state index contributed by atoms with van der Waals surface area (Å²) in [7, 11) is 5.72. The topological polar surface area (TPSA) is 156 Å². The van der Waals surface area contributed by atoms with Gasteiger partial charge in [0.1, 0.15) is 12.6 Å². The van der Waals surface area contributed by atoms with Crippen LogP contribution in [-0.4, -0.2) is 78.4 Å². The first-order chi connectivity index (χ1) is 9.90. The molecule has 22 heavy (non-hydrogen) atoms. The largest absolute Gasteiger partial charge is 0.548 e. The van der Waals surface area contributed by atoms with Crippen LogP contribution in [0.15, 0.2) is 0 Å². The summed E-state index contributed by atoms with van der Waals surface area (Å²) in [6.45, 7) is 0.465. The molecule has 0 aromatic carbocycles. The molecule has 1 fully saturated rings. The Morgan fingerprint density at radius 1 is 1.36 bits per heavy atom. The Kier molecular flexibility index (Phi) is 7.46. The number of rotatable bonds is 5. The van der Waals surface area contributed by atoms with Crippen LogP contribution in [0.3, 0.4) is 0 Å². The molecule has 0 spiro atoms. The number of carbonyl (C=O) groups excluding carboxylic acids is 3. The molecule has 1 rings (SSSR count). The molecule has 1 heterocycles. The highest BCUT2D eigenvalue weighted by atomic mass is 16.4. The molecule has 0 aliphatic carbocycles. The van der Waals surface area contributed by atoms with Gasteiger partial charge in [0, 0.05) is 0 Å². The lowest BCUT2D eigenvalue weighted by atomic mass is 10.2. The second-order valence-electron chi connectivity index (χ2n) is 5.82. The van der Waals surface area contributed by atoms with E-state index in [1.807, 2.05) is 31.8 Å². The number of hydrogen-bond donors (Lipinski definition) is 4. The molecule has 0 bridgehead atoms. The van der Waals surface area contributed by atoms with Gasteiger partial charge in [0.05, 0.1) is 46.0 Å². The Hall–Kier alpha value is -2.20. The maximum atomic E-state index is 10.5. The van der Waals surface area contributed by atoms with Crippen molar-refractivity contribution in [2.24, 2.45) is 0 Å². The lowest BCUT2D eigenvalue weighted by Gasteiger charge is -2.25. The third-order valence-electron chi connectivity index (χ3n) is 2.40. The second-order valence-corrected chi connectivity index (χ2v) is 5.82. The molecular formula is C12H21N3O7. The second kappa shape index (κ2) is 8.29. The van der Waals surface area contributed by atoms with Gasteiger partial charge in [0.25, 0.3) is 0 Å². The summed E-state index contributed by atoms with van der Waals surface area (Å²) < 4.78 is 0.578. The van der Waals surface area contributed by atoms with Gasteiger partial charge >= 0.3 is 12.0 Å². The zero-order chi connectivity index (χ0) is 17.5. The number of carbonyl (C=O) groups is 4. The van der Waals surface area contributed by atoms with E-state index in [0.717, 1.165) is 0 Å². The van der Waals surface area contributed by atoms with Crippen molar-refractivity contribution in [3.8, 4) is 0 Å². The Labute approximate surface area is 127 Å². The lowest BCUT2D eigenvalue weighted by molar-refractivity contribution is -0.873. The number of amides is 3. The third-order valence-corrected chi connectivity index (χ3v) is 2.40. The SMILES string of the molecule is C[N+](C)(C)C[C@H](O)CC(=O)O.O=C1CC(C(=O)[O-])NC(=O)N1. The van der Waals surface area contributed by atoms with Crippen LogP contribution in [0.5, 0.6) is 0 Å². The number of carboxylic acid groups (broad SMARTS) is 2. The average molecular weight is 319 g/mol. The normalized spacial score (nSPS) is 19.2. The van der Waals surface area contributed by atoms with E-state index in [2.05, 4.69) is 0 Å². The van der Waals surface area contributed by atoms with Gasteiger partial charge in [-0.15, -0.1) is 0 Å². The van der Waals surface area contributed by atoms with Gasteiger partial charge in [-0.1, -0.05) is 0 Å². The number of urea groups is 1. The highest BCUT2D eigenvalue weighted by Gasteiger charge is 2.24. The zero-order valence-corrected chi connectivity index (χ0v) is 12.7. The maximum absolute atomic E-state index is 10.5. The number of imide groups is 1. The van der Waals surface area contributed by atoms with Gasteiger partial charge in [0.2, 0.25) is 5.91 Å². The smallest absolute Gasteiger partial charge is 0.321 e. The average Bonchev–Trinajstić information content (AvgIpc) is 2.24. The van der Waals surface area contributed by atoms with E-state index in [1.54, 1.807) is 0 Å². The molecule has 10 nitrogen and oxygen atoms in total. The Balaban J connectivity index is 0.000000401. The molecule has 0 saturated carbocycles. The third kappa shape index (κ3) is 9.66. The number of aliphatic hydroxyl groups is 1. The van der Waals surface area contributed by atoms with Crippen molar-refractivity contribution in [3.63, 3.8) is 0 Å². The van der Waals surface area contributed by atoms with E-state index < -0.39 is 36.0 Å². The van der Waals surface area contributed by atoms with E-state index in [4.69, 9.17) is 10.2 Å². The van der Waals surface area contributed by atoms with E-state index in [9.17, 15) is 24.3 Å². The highest BCUT2D eigenvalue weighted by Crippen LogP contribution is 1.98. The fraction of sp³-hybridized carbons (Fsp3) is 0.667. The van der Waals surface area contributed by atoms with Crippen LogP contribution in [0.2, 0.25) is 0 Å². The molecule has 0 aromatic rings. The first-order valence-corrected chi connectivity index (χ1v) is 6.42. The van der Waals surface area contributed by atoms with Crippen LogP contribution in [0.4, 0.5) is 4.79 Å². The van der Waals surface area contributed by atoms with Crippen LogP contribution < -0.4 is 15.7 Å². The highest BCUT2D eigenvalue weighted by molar-refractivity contribution is 6.00. The minimum atomic E-state index is -1.45. The maximum Gasteiger partial charge on any atom is 0.321 e. The molecule has 1 saturated heterocycles. The van der Waals surface area contributed by atoms with Crippen molar-refractivity contribution in [2.45, 2.75) is 25.0 Å². The van der Waals surface area contributed by atoms with Crippen molar-refractivity contribution in [1.82, 2.24) is 10.6 Å². The number of carboxylic acids is 2. The van der Waals surface area contributed by atoms with Gasteiger partial charge in [-0.25, -0.2) is 4.79 Å². The number of likely N-dealkylation sites (N-methyl/N-ethyl adjacent to an activating group) is 1. The van der Waals surface area contributed by atoms with Gasteiger partial charge in [-0.3, -0.25) is 14.9 Å². The standard InChI is InChI=1S/C7H15NO3.C5H6N2O4/c1-8(2,3)5-6(9)4-7(10)11;8-3-1-2(4(9)10)6-5(11)7-3/h6,9H,4-5H2,1-3H3;2H,1H2,(H,9,10)(H2,6,7,8,11)/t6-;/m1./s1. The van der Waals surface area contributed by atoms with Crippen LogP contribution in [-0.2, 0) is 14.4 Å². The fourth-order valence-corrected chi connectivity index (χ4v) is 1.65. The van der Waals surface area contributed by atoms with E-state index in [0.29, 0.717) is 11.0 Å². The summed E-state index contributed by atoms with van der Waals surface area (Å²) in [5.41, 5.74) is 0. The molecular weight excluding hydrogens is 298 g/mol. The monoisotopic (exact) mass is 319 g/mol. The van der Waals surface area contributed by atoms with Crippen molar-refractivity contribution in [2.75, 3.05) is 27.7 Å². The number of hydrogen-bond acceptors (Lipinski definition) is 6. The van der Waals surface area contributed by atoms with Gasteiger partial charge in [0.15, 0.2) is 0 Å². The molecule has 3 amide bonds. The van der Waals surface area contributed by atoms with Crippen LogP contribution in [0, 0.1) is 0 Å². The Bertz CT molecular complexity index is 428. The quantitative estimate of drug-likeness (QED) is 0.390. The summed E-state index contributed by atoms with van der Waals surface area (Å²) >= 11 is 0. The van der Waals surface area contributed by atoms with E-state index in [1.165, 1.54) is 0 Å². The Morgan fingerprint density at radius 3 is 2.27 bits per heavy atom. The number of quaternary nitrogens is 1. The first kappa shape index (κ1) is 19.8. The number of nitrogens with one attached hydrogen (secondary N) is 2. The molecule has 1 aliphatic heterocycles. The lowest BCUT2D eigenvalue weighted by Crippen LogP contribution is -2.58. The summed E-state index contributed by atoms with van der Waals surface area (Å²) in [4.78, 5) is 41.2. The molecule has 0 radical (unpaired) electrons. The van der Waals surface area contributed by atoms with E-state index >= 15 is 0 Å². The number of aliphatic hydroxyl groups excluding tert-OH is 1. The van der Waals surface area contributed by atoms with Crippen molar-refractivity contribution in [1.29, 1.82) is 0 Å². The molecule has 4 N–H and O–H groups in total. The van der Waals surface area contributed by atoms with Crippen LogP contribution in [0.25, 0.3) is 0 Å². The minimum absolute atomic E-state index is 0.171. The number of aliphatic carboxylic acids is 2. The van der Waals surface area contributed by atoms with Gasteiger partial charge in [-0.2, -0.15) is 0 Å². The molecule has 126 valence electrons. The summed E-state index contributed by atoms with van der Waals surface area (Å²) in [6, 6.07) is -1.99. The Morgan fingerprint density at radius 2 is 1.91 bits per heavy atom. The predicted molar refractivity (Wildman–Crippen MR) is 71.2 cm³/mol. The molecule has 1 aliphatic rings. The molecule has 1 unspecified atom stereocenters. The zero-order valence-electron chi connectivity index (χ0n) is 12.7. The fourth-order valence-electron chi connectivity index (χ4n) is 1.65.